The smallest absolute Gasteiger partial charge is 0.222 e. The highest BCUT2D eigenvalue weighted by Gasteiger charge is 2.18. The predicted octanol–water partition coefficient (Wildman–Crippen LogP) is 1.46. The molecule has 2 N–H and O–H groups in total. The van der Waals surface area contributed by atoms with Crippen molar-refractivity contribution >= 4 is 11.9 Å². The number of nitrogens with one attached hydrogen (secondary N) is 2. The molecular weight excluding hydrogens is 252 g/mol. The maximum absolute atomic E-state index is 11.5. The van der Waals surface area contributed by atoms with Gasteiger partial charge in [-0.15, -0.1) is 0 Å². The average molecular weight is 282 g/mol. The standard InChI is InChI=1S/C15H30N4O/c1-5-16-15(19-10-6-7-13(4)11-19)18-9-8-17-14(20)12(2)3/h12-13H,5-11H2,1-4H3,(H,16,18)(H,17,20). The van der Waals surface area contributed by atoms with Gasteiger partial charge in [0.2, 0.25) is 5.91 Å². The summed E-state index contributed by atoms with van der Waals surface area (Å²) >= 11 is 0. The number of hydrogen-bond acceptors (Lipinski definition) is 2. The first-order valence-electron chi connectivity index (χ1n) is 7.85. The van der Waals surface area contributed by atoms with Crippen LogP contribution in [-0.2, 0) is 4.79 Å². The molecule has 1 unspecified atom stereocenters. The summed E-state index contributed by atoms with van der Waals surface area (Å²) in [4.78, 5) is 18.4. The highest BCUT2D eigenvalue weighted by molar-refractivity contribution is 5.80. The number of carbonyl (C=O) groups excluding carboxylic acids is 1. The van der Waals surface area contributed by atoms with Crippen molar-refractivity contribution < 1.29 is 4.79 Å². The van der Waals surface area contributed by atoms with Crippen molar-refractivity contribution in [2.24, 2.45) is 16.8 Å². The van der Waals surface area contributed by atoms with Crippen molar-refractivity contribution in [2.45, 2.75) is 40.5 Å². The molecule has 0 saturated carbocycles. The lowest BCUT2D eigenvalue weighted by atomic mass is 10.0. The SMILES string of the molecule is CCNC(=NCCNC(=O)C(C)C)N1CCCC(C)C1. The number of amides is 1. The Hall–Kier alpha value is -1.26. The molecule has 0 radical (unpaired) electrons. The van der Waals surface area contributed by atoms with Gasteiger partial charge in [0.25, 0.3) is 0 Å². The predicted molar refractivity (Wildman–Crippen MR) is 83.8 cm³/mol. The third-order valence-electron chi connectivity index (χ3n) is 3.49. The third-order valence-corrected chi connectivity index (χ3v) is 3.49. The second-order valence-electron chi connectivity index (χ2n) is 5.87. The van der Waals surface area contributed by atoms with Crippen LogP contribution >= 0.6 is 0 Å². The molecule has 5 heteroatoms. The number of piperidine rings is 1. The lowest BCUT2D eigenvalue weighted by Crippen LogP contribution is -2.46. The zero-order valence-electron chi connectivity index (χ0n) is 13.4. The number of guanidine groups is 1. The van der Waals surface area contributed by atoms with E-state index in [-0.39, 0.29) is 11.8 Å². The summed E-state index contributed by atoms with van der Waals surface area (Å²) in [6.45, 7) is 12.4. The summed E-state index contributed by atoms with van der Waals surface area (Å²) in [5.41, 5.74) is 0. The molecule has 1 atom stereocenters. The molecule has 5 nitrogen and oxygen atoms in total. The second-order valence-corrected chi connectivity index (χ2v) is 5.87. The van der Waals surface area contributed by atoms with Crippen LogP contribution < -0.4 is 10.6 Å². The van der Waals surface area contributed by atoms with E-state index < -0.39 is 0 Å². The van der Waals surface area contributed by atoms with E-state index in [1.165, 1.54) is 12.8 Å². The monoisotopic (exact) mass is 282 g/mol. The van der Waals surface area contributed by atoms with Gasteiger partial charge < -0.3 is 15.5 Å². The van der Waals surface area contributed by atoms with Crippen LogP contribution in [-0.4, -0.2) is 49.5 Å². The number of rotatable bonds is 5. The zero-order chi connectivity index (χ0) is 15.0. The van der Waals surface area contributed by atoms with Crippen molar-refractivity contribution in [1.29, 1.82) is 0 Å². The molecule has 1 aliphatic rings. The Labute approximate surface area is 123 Å². The van der Waals surface area contributed by atoms with Gasteiger partial charge in [0.05, 0.1) is 6.54 Å². The highest BCUT2D eigenvalue weighted by atomic mass is 16.1. The van der Waals surface area contributed by atoms with Gasteiger partial charge in [-0.25, -0.2) is 0 Å². The van der Waals surface area contributed by atoms with E-state index in [1.807, 2.05) is 13.8 Å². The van der Waals surface area contributed by atoms with Crippen LogP contribution in [0.3, 0.4) is 0 Å². The Morgan fingerprint density at radius 1 is 1.40 bits per heavy atom. The topological polar surface area (TPSA) is 56.7 Å². The van der Waals surface area contributed by atoms with Gasteiger partial charge in [0.15, 0.2) is 5.96 Å². The van der Waals surface area contributed by atoms with E-state index in [4.69, 9.17) is 0 Å². The van der Waals surface area contributed by atoms with Crippen LogP contribution in [0.25, 0.3) is 0 Å². The Kier molecular flexibility index (Phi) is 7.41. The second kappa shape index (κ2) is 8.82. The highest BCUT2D eigenvalue weighted by Crippen LogP contribution is 2.15. The number of aliphatic imine (C=N–C) groups is 1. The van der Waals surface area contributed by atoms with E-state index in [0.717, 1.165) is 31.5 Å². The molecule has 1 saturated heterocycles. The molecule has 1 heterocycles. The van der Waals surface area contributed by atoms with E-state index in [0.29, 0.717) is 13.1 Å². The molecule has 1 fully saturated rings. The minimum absolute atomic E-state index is 0.0372. The first-order chi connectivity index (χ1) is 9.54. The van der Waals surface area contributed by atoms with Gasteiger partial charge in [-0.1, -0.05) is 20.8 Å². The average Bonchev–Trinajstić information content (AvgIpc) is 2.41. The fourth-order valence-electron chi connectivity index (χ4n) is 2.35. The molecule has 0 spiro atoms. The molecule has 116 valence electrons. The van der Waals surface area contributed by atoms with Gasteiger partial charge >= 0.3 is 0 Å². The Morgan fingerprint density at radius 2 is 2.15 bits per heavy atom. The number of likely N-dealkylation sites (tertiary alicyclic amines) is 1. The molecule has 1 aliphatic heterocycles. The molecule has 1 amide bonds. The molecule has 1 rings (SSSR count). The minimum Gasteiger partial charge on any atom is -0.357 e. The van der Waals surface area contributed by atoms with Gasteiger partial charge in [0.1, 0.15) is 0 Å². The molecule has 0 aromatic heterocycles. The summed E-state index contributed by atoms with van der Waals surface area (Å²) in [6, 6.07) is 0. The van der Waals surface area contributed by atoms with Crippen molar-refractivity contribution in [2.75, 3.05) is 32.7 Å². The largest absolute Gasteiger partial charge is 0.357 e. The number of carbonyl (C=O) groups is 1. The van der Waals surface area contributed by atoms with Gasteiger partial charge in [-0.3, -0.25) is 9.79 Å². The van der Waals surface area contributed by atoms with Crippen LogP contribution in [0.4, 0.5) is 0 Å². The van der Waals surface area contributed by atoms with Crippen molar-refractivity contribution in [3.05, 3.63) is 0 Å². The quantitative estimate of drug-likeness (QED) is 0.456. The fourth-order valence-corrected chi connectivity index (χ4v) is 2.35. The van der Waals surface area contributed by atoms with Gasteiger partial charge in [-0.2, -0.15) is 0 Å². The van der Waals surface area contributed by atoms with Crippen LogP contribution in [0.1, 0.15) is 40.5 Å². The molecular formula is C15H30N4O. The summed E-state index contributed by atoms with van der Waals surface area (Å²) in [7, 11) is 0. The summed E-state index contributed by atoms with van der Waals surface area (Å²) in [5, 5.41) is 6.25. The lowest BCUT2D eigenvalue weighted by Gasteiger charge is -2.33. The number of nitrogens with zero attached hydrogens (tertiary/aromatic N) is 2. The van der Waals surface area contributed by atoms with Crippen LogP contribution in [0, 0.1) is 11.8 Å². The third kappa shape index (κ3) is 5.80. The normalized spacial score (nSPS) is 20.1. The zero-order valence-corrected chi connectivity index (χ0v) is 13.4. The van der Waals surface area contributed by atoms with Crippen molar-refractivity contribution in [3.8, 4) is 0 Å². The Bertz CT molecular complexity index is 328. The molecule has 0 bridgehead atoms. The molecule has 0 aliphatic carbocycles. The Morgan fingerprint density at radius 3 is 2.75 bits per heavy atom. The van der Waals surface area contributed by atoms with E-state index in [2.05, 4.69) is 34.4 Å². The number of hydrogen-bond donors (Lipinski definition) is 2. The molecule has 20 heavy (non-hydrogen) atoms. The molecule has 0 aromatic carbocycles. The first kappa shape index (κ1) is 16.8. The lowest BCUT2D eigenvalue weighted by molar-refractivity contribution is -0.123. The van der Waals surface area contributed by atoms with Crippen molar-refractivity contribution in [1.82, 2.24) is 15.5 Å². The van der Waals surface area contributed by atoms with Crippen LogP contribution in [0.2, 0.25) is 0 Å². The van der Waals surface area contributed by atoms with Gasteiger partial charge in [0, 0.05) is 32.1 Å². The summed E-state index contributed by atoms with van der Waals surface area (Å²) in [5.74, 6) is 1.85. The van der Waals surface area contributed by atoms with E-state index >= 15 is 0 Å². The van der Waals surface area contributed by atoms with E-state index in [9.17, 15) is 4.79 Å². The van der Waals surface area contributed by atoms with Gasteiger partial charge in [-0.05, 0) is 25.7 Å². The summed E-state index contributed by atoms with van der Waals surface area (Å²) in [6.07, 6.45) is 2.54. The van der Waals surface area contributed by atoms with E-state index in [1.54, 1.807) is 0 Å². The fraction of sp³-hybridized carbons (Fsp3) is 0.867. The first-order valence-corrected chi connectivity index (χ1v) is 7.85. The van der Waals surface area contributed by atoms with Crippen LogP contribution in [0.5, 0.6) is 0 Å². The summed E-state index contributed by atoms with van der Waals surface area (Å²) < 4.78 is 0. The molecule has 0 aromatic rings. The maximum Gasteiger partial charge on any atom is 0.222 e. The Balaban J connectivity index is 2.44. The maximum atomic E-state index is 11.5. The van der Waals surface area contributed by atoms with Crippen molar-refractivity contribution in [3.63, 3.8) is 0 Å². The van der Waals surface area contributed by atoms with Crippen LogP contribution in [0.15, 0.2) is 4.99 Å². The minimum atomic E-state index is 0.0372.